The number of anilines is 1. The van der Waals surface area contributed by atoms with Gasteiger partial charge in [0.2, 0.25) is 0 Å². The molecule has 1 aromatic rings. The summed E-state index contributed by atoms with van der Waals surface area (Å²) in [5.41, 5.74) is 2.75. The predicted molar refractivity (Wildman–Crippen MR) is 107 cm³/mol. The van der Waals surface area contributed by atoms with E-state index in [1.807, 2.05) is 0 Å². The number of nitrogens with one attached hydrogen (secondary N) is 1. The third kappa shape index (κ3) is 4.96. The monoisotopic (exact) mass is 344 g/mol. The van der Waals surface area contributed by atoms with Gasteiger partial charge in [-0.2, -0.15) is 0 Å². The van der Waals surface area contributed by atoms with Crippen LogP contribution in [0.3, 0.4) is 0 Å². The van der Waals surface area contributed by atoms with Crippen LogP contribution < -0.4 is 10.2 Å². The first-order chi connectivity index (χ1) is 12.0. The molecule has 25 heavy (non-hydrogen) atoms. The number of hydrogen-bond acceptors (Lipinski definition) is 4. The maximum atomic E-state index is 3.59. The lowest BCUT2D eigenvalue weighted by Gasteiger charge is -2.41. The molecule has 0 aliphatic carbocycles. The van der Waals surface area contributed by atoms with E-state index >= 15 is 0 Å². The van der Waals surface area contributed by atoms with Crippen molar-refractivity contribution in [3.05, 3.63) is 29.8 Å². The summed E-state index contributed by atoms with van der Waals surface area (Å²) >= 11 is 0. The standard InChI is InChI=1S/C21H36N4/c1-17-9-12-24(13-10-17)16-21(25-14-11-22-18(2)15-25)19-5-7-20(8-6-19)23(3)4/h5-8,17-18,21-22H,9-16H2,1-4H3. The number of benzene rings is 1. The first-order valence-electron chi connectivity index (χ1n) is 10.00. The fourth-order valence-electron chi connectivity index (χ4n) is 4.16. The van der Waals surface area contributed by atoms with Crippen LogP contribution >= 0.6 is 0 Å². The van der Waals surface area contributed by atoms with E-state index in [-0.39, 0.29) is 0 Å². The SMILES string of the molecule is CC1CCN(CC(c2ccc(N(C)C)cc2)N2CCNC(C)C2)CC1. The minimum atomic E-state index is 0.508. The lowest BCUT2D eigenvalue weighted by molar-refractivity contribution is 0.0929. The Morgan fingerprint density at radius 2 is 1.76 bits per heavy atom. The Morgan fingerprint density at radius 1 is 1.08 bits per heavy atom. The Kier molecular flexibility index (Phi) is 6.37. The molecule has 3 rings (SSSR count). The summed E-state index contributed by atoms with van der Waals surface area (Å²) in [5.74, 6) is 0.897. The normalized spacial score (nSPS) is 25.0. The summed E-state index contributed by atoms with van der Waals surface area (Å²) < 4.78 is 0. The fourth-order valence-corrected chi connectivity index (χ4v) is 4.16. The molecule has 0 bridgehead atoms. The van der Waals surface area contributed by atoms with Gasteiger partial charge in [-0.1, -0.05) is 19.1 Å². The van der Waals surface area contributed by atoms with E-state index in [0.717, 1.165) is 25.6 Å². The van der Waals surface area contributed by atoms with Crippen molar-refractivity contribution >= 4 is 5.69 Å². The molecule has 1 aromatic carbocycles. The molecule has 2 saturated heterocycles. The Balaban J connectivity index is 1.75. The predicted octanol–water partition coefficient (Wildman–Crippen LogP) is 2.82. The van der Waals surface area contributed by atoms with Gasteiger partial charge in [-0.3, -0.25) is 4.90 Å². The van der Waals surface area contributed by atoms with Crippen LogP contribution in [0, 0.1) is 5.92 Å². The zero-order valence-corrected chi connectivity index (χ0v) is 16.5. The molecule has 0 saturated carbocycles. The van der Waals surface area contributed by atoms with Crippen LogP contribution in [0.25, 0.3) is 0 Å². The fraction of sp³-hybridized carbons (Fsp3) is 0.714. The second-order valence-corrected chi connectivity index (χ2v) is 8.33. The van der Waals surface area contributed by atoms with Crippen LogP contribution in [0.15, 0.2) is 24.3 Å². The zero-order valence-electron chi connectivity index (χ0n) is 16.5. The summed E-state index contributed by atoms with van der Waals surface area (Å²) in [6, 6.07) is 10.3. The molecule has 0 spiro atoms. The average Bonchev–Trinajstić information content (AvgIpc) is 2.61. The van der Waals surface area contributed by atoms with Gasteiger partial charge in [-0.15, -0.1) is 0 Å². The molecule has 2 aliphatic heterocycles. The summed E-state index contributed by atoms with van der Waals surface area (Å²) in [6.07, 6.45) is 2.70. The van der Waals surface area contributed by atoms with Crippen LogP contribution in [-0.2, 0) is 0 Å². The summed E-state index contributed by atoms with van der Waals surface area (Å²) in [6.45, 7) is 11.8. The second kappa shape index (κ2) is 8.52. The number of nitrogens with zero attached hydrogens (tertiary/aromatic N) is 3. The molecule has 2 fully saturated rings. The maximum Gasteiger partial charge on any atom is 0.0476 e. The Labute approximate surface area is 154 Å². The molecule has 1 N–H and O–H groups in total. The lowest BCUT2D eigenvalue weighted by Crippen LogP contribution is -2.52. The molecular weight excluding hydrogens is 308 g/mol. The molecule has 0 amide bonds. The van der Waals surface area contributed by atoms with Crippen molar-refractivity contribution in [3.8, 4) is 0 Å². The molecule has 4 heteroatoms. The van der Waals surface area contributed by atoms with E-state index in [4.69, 9.17) is 0 Å². The quantitative estimate of drug-likeness (QED) is 0.886. The van der Waals surface area contributed by atoms with Crippen LogP contribution in [0.4, 0.5) is 5.69 Å². The van der Waals surface area contributed by atoms with Crippen molar-refractivity contribution in [1.82, 2.24) is 15.1 Å². The summed E-state index contributed by atoms with van der Waals surface area (Å²) in [7, 11) is 4.22. The molecule has 2 aliphatic rings. The van der Waals surface area contributed by atoms with Crippen molar-refractivity contribution in [3.63, 3.8) is 0 Å². The van der Waals surface area contributed by atoms with E-state index < -0.39 is 0 Å². The van der Waals surface area contributed by atoms with Gasteiger partial charge in [0.15, 0.2) is 0 Å². The van der Waals surface area contributed by atoms with E-state index in [0.29, 0.717) is 12.1 Å². The highest BCUT2D eigenvalue weighted by molar-refractivity contribution is 5.46. The number of likely N-dealkylation sites (tertiary alicyclic amines) is 1. The molecule has 0 radical (unpaired) electrons. The van der Waals surface area contributed by atoms with Gasteiger partial charge in [0.1, 0.15) is 0 Å². The average molecular weight is 345 g/mol. The van der Waals surface area contributed by atoms with Gasteiger partial charge in [-0.05, 0) is 56.5 Å². The molecule has 2 unspecified atom stereocenters. The topological polar surface area (TPSA) is 21.8 Å². The van der Waals surface area contributed by atoms with E-state index in [1.165, 1.54) is 43.7 Å². The molecule has 140 valence electrons. The van der Waals surface area contributed by atoms with Crippen molar-refractivity contribution in [1.29, 1.82) is 0 Å². The highest BCUT2D eigenvalue weighted by atomic mass is 15.3. The van der Waals surface area contributed by atoms with Gasteiger partial charge in [0.05, 0.1) is 0 Å². The van der Waals surface area contributed by atoms with Crippen molar-refractivity contribution < 1.29 is 0 Å². The first-order valence-corrected chi connectivity index (χ1v) is 10.00. The third-order valence-electron chi connectivity index (χ3n) is 5.94. The van der Waals surface area contributed by atoms with Crippen molar-refractivity contribution in [2.75, 3.05) is 58.3 Å². The number of hydrogen-bond donors (Lipinski definition) is 1. The minimum absolute atomic E-state index is 0.508. The van der Waals surface area contributed by atoms with Gasteiger partial charge in [0, 0.05) is 58.0 Å². The van der Waals surface area contributed by atoms with Crippen molar-refractivity contribution in [2.45, 2.75) is 38.8 Å². The van der Waals surface area contributed by atoms with Gasteiger partial charge in [0.25, 0.3) is 0 Å². The zero-order chi connectivity index (χ0) is 17.8. The van der Waals surface area contributed by atoms with Crippen LogP contribution in [0.5, 0.6) is 0 Å². The molecule has 4 nitrogen and oxygen atoms in total. The molecule has 2 atom stereocenters. The lowest BCUT2D eigenvalue weighted by atomic mass is 9.97. The molecular formula is C21H36N4. The van der Waals surface area contributed by atoms with E-state index in [9.17, 15) is 0 Å². The summed E-state index contributed by atoms with van der Waals surface area (Å²) in [5, 5.41) is 3.59. The molecule has 0 aromatic heterocycles. The summed E-state index contributed by atoms with van der Waals surface area (Å²) in [4.78, 5) is 7.57. The van der Waals surface area contributed by atoms with Gasteiger partial charge in [-0.25, -0.2) is 0 Å². The third-order valence-corrected chi connectivity index (χ3v) is 5.94. The highest BCUT2D eigenvalue weighted by Gasteiger charge is 2.28. The second-order valence-electron chi connectivity index (χ2n) is 8.33. The number of piperidine rings is 1. The Hall–Kier alpha value is -1.10. The van der Waals surface area contributed by atoms with Crippen molar-refractivity contribution in [2.24, 2.45) is 5.92 Å². The smallest absolute Gasteiger partial charge is 0.0476 e. The molecule has 2 heterocycles. The maximum absolute atomic E-state index is 3.59. The van der Waals surface area contributed by atoms with Gasteiger partial charge < -0.3 is 15.1 Å². The van der Waals surface area contributed by atoms with E-state index in [1.54, 1.807) is 0 Å². The number of rotatable bonds is 5. The van der Waals surface area contributed by atoms with Crippen LogP contribution in [-0.4, -0.2) is 69.2 Å². The van der Waals surface area contributed by atoms with Crippen LogP contribution in [0.1, 0.15) is 38.3 Å². The van der Waals surface area contributed by atoms with Gasteiger partial charge >= 0.3 is 0 Å². The Bertz CT molecular complexity index is 519. The van der Waals surface area contributed by atoms with Crippen LogP contribution in [0.2, 0.25) is 0 Å². The highest BCUT2D eigenvalue weighted by Crippen LogP contribution is 2.27. The minimum Gasteiger partial charge on any atom is -0.378 e. The first kappa shape index (κ1) is 18.7. The number of piperazine rings is 1. The Morgan fingerprint density at radius 3 is 2.36 bits per heavy atom. The van der Waals surface area contributed by atoms with E-state index in [2.05, 4.69) is 72.2 Å². The largest absolute Gasteiger partial charge is 0.378 e.